The summed E-state index contributed by atoms with van der Waals surface area (Å²) in [6.07, 6.45) is 7.07. The van der Waals surface area contributed by atoms with E-state index in [2.05, 4.69) is 182 Å². The van der Waals surface area contributed by atoms with E-state index in [1.165, 1.54) is 39.2 Å². The van der Waals surface area contributed by atoms with E-state index in [1.807, 2.05) is 36.4 Å². The molecule has 8 aromatic rings. The van der Waals surface area contributed by atoms with Gasteiger partial charge < -0.3 is 4.90 Å². The van der Waals surface area contributed by atoms with Crippen molar-refractivity contribution >= 4 is 22.6 Å². The minimum atomic E-state index is -0.496. The highest BCUT2D eigenvalue weighted by molar-refractivity contribution is 5.92. The Kier molecular flexibility index (Phi) is 7.55. The molecule has 2 heterocycles. The molecular formula is C53H38N4. The predicted molar refractivity (Wildman–Crippen MR) is 232 cm³/mol. The van der Waals surface area contributed by atoms with E-state index in [-0.39, 0.29) is 11.3 Å². The number of anilines is 3. The maximum absolute atomic E-state index is 5.12. The van der Waals surface area contributed by atoms with Gasteiger partial charge in [-0.1, -0.05) is 183 Å². The number of benzene rings is 7. The number of hydrogen-bond donors (Lipinski definition) is 0. The van der Waals surface area contributed by atoms with Gasteiger partial charge in [-0.15, -0.1) is 0 Å². The van der Waals surface area contributed by atoms with Crippen LogP contribution in [-0.4, -0.2) is 15.0 Å². The summed E-state index contributed by atoms with van der Waals surface area (Å²) in [7, 11) is 0. The average Bonchev–Trinajstić information content (AvgIpc) is 3.53. The molecule has 11 rings (SSSR count). The third kappa shape index (κ3) is 4.97. The van der Waals surface area contributed by atoms with E-state index in [4.69, 9.17) is 15.0 Å². The highest BCUT2D eigenvalue weighted by Gasteiger charge is 2.63. The van der Waals surface area contributed by atoms with Gasteiger partial charge in [0.2, 0.25) is 0 Å². The van der Waals surface area contributed by atoms with Crippen LogP contribution in [0.1, 0.15) is 34.7 Å². The lowest BCUT2D eigenvalue weighted by Crippen LogP contribution is -2.45. The van der Waals surface area contributed by atoms with Gasteiger partial charge in [0.05, 0.1) is 16.8 Å². The Bertz CT molecular complexity index is 2770. The fourth-order valence-electron chi connectivity index (χ4n) is 10.0. The first-order valence-corrected chi connectivity index (χ1v) is 19.7. The third-order valence-corrected chi connectivity index (χ3v) is 12.3. The summed E-state index contributed by atoms with van der Waals surface area (Å²) in [5, 5.41) is 0. The van der Waals surface area contributed by atoms with Gasteiger partial charge in [-0.3, -0.25) is 0 Å². The van der Waals surface area contributed by atoms with Crippen molar-refractivity contribution in [2.45, 2.75) is 17.8 Å². The summed E-state index contributed by atoms with van der Waals surface area (Å²) in [4.78, 5) is 17.7. The molecule has 2 atom stereocenters. The first-order chi connectivity index (χ1) is 28.1. The third-order valence-electron chi connectivity index (χ3n) is 12.3. The van der Waals surface area contributed by atoms with Crippen LogP contribution in [0.15, 0.2) is 206 Å². The zero-order valence-electron chi connectivity index (χ0n) is 31.5. The molecule has 1 spiro atoms. The number of para-hydroxylation sites is 3. The van der Waals surface area contributed by atoms with Crippen molar-refractivity contribution in [1.82, 2.24) is 15.0 Å². The number of rotatable bonds is 5. The molecule has 0 N–H and O–H groups in total. The van der Waals surface area contributed by atoms with Gasteiger partial charge in [0, 0.05) is 33.7 Å². The molecule has 4 nitrogen and oxygen atoms in total. The van der Waals surface area contributed by atoms with Gasteiger partial charge in [0.15, 0.2) is 17.5 Å². The number of hydrogen-bond acceptors (Lipinski definition) is 4. The first kappa shape index (κ1) is 33.2. The fourth-order valence-corrected chi connectivity index (χ4v) is 10.0. The van der Waals surface area contributed by atoms with Crippen LogP contribution in [0.25, 0.3) is 39.7 Å². The molecule has 270 valence electrons. The summed E-state index contributed by atoms with van der Waals surface area (Å²) < 4.78 is 0. The Hall–Kier alpha value is -7.17. The standard InChI is InChI=1S/C53H38N4/c1-52-34-18-27-41(38-23-17-24-39(35-38)51-55-49(36-19-5-2-6-20-36)54-50(56-51)37-21-7-3-8-22-37)48(52)53(43-29-12-11-28-42(43)52)44-30-13-15-32-46(44)57(40-25-9-4-10-26-40)47-33-16-14-31-45(47)53/h2-35,48H,1H3. The molecule has 2 unspecified atom stereocenters. The molecule has 3 aliphatic rings. The van der Waals surface area contributed by atoms with Gasteiger partial charge in [-0.2, -0.15) is 0 Å². The monoisotopic (exact) mass is 730 g/mol. The largest absolute Gasteiger partial charge is 0.310 e. The highest BCUT2D eigenvalue weighted by atomic mass is 15.2. The molecule has 0 saturated heterocycles. The van der Waals surface area contributed by atoms with Gasteiger partial charge in [-0.05, 0) is 63.7 Å². The van der Waals surface area contributed by atoms with Gasteiger partial charge in [0.1, 0.15) is 0 Å². The molecular weight excluding hydrogens is 693 g/mol. The second-order valence-corrected chi connectivity index (χ2v) is 15.4. The second-order valence-electron chi connectivity index (χ2n) is 15.4. The van der Waals surface area contributed by atoms with E-state index >= 15 is 0 Å². The van der Waals surface area contributed by atoms with Crippen LogP contribution in [0.2, 0.25) is 0 Å². The Morgan fingerprint density at radius 1 is 0.439 bits per heavy atom. The first-order valence-electron chi connectivity index (χ1n) is 19.7. The minimum absolute atomic E-state index is 0.0287. The van der Waals surface area contributed by atoms with Crippen molar-refractivity contribution in [1.29, 1.82) is 0 Å². The molecule has 1 aromatic heterocycles. The SMILES string of the molecule is CC12C=CC=C(c3cccc(-c4nc(-c5ccccc5)nc(-c5ccccc5)n4)c3)C1C1(c3ccccc3N(c3ccccc3)c3ccccc31)c1ccccc12. The van der Waals surface area contributed by atoms with Crippen LogP contribution in [0.4, 0.5) is 17.1 Å². The summed E-state index contributed by atoms with van der Waals surface area (Å²) >= 11 is 0. The van der Waals surface area contributed by atoms with Crippen molar-refractivity contribution in [2.24, 2.45) is 5.92 Å². The lowest BCUT2D eigenvalue weighted by molar-refractivity contribution is 0.378. The minimum Gasteiger partial charge on any atom is -0.310 e. The normalized spacial score (nSPS) is 18.3. The maximum Gasteiger partial charge on any atom is 0.164 e. The zero-order chi connectivity index (χ0) is 38.0. The summed E-state index contributed by atoms with van der Waals surface area (Å²) in [5.74, 6) is 1.98. The number of aromatic nitrogens is 3. The molecule has 0 saturated carbocycles. The van der Waals surface area contributed by atoms with E-state index in [0.29, 0.717) is 17.5 Å². The molecule has 0 amide bonds. The predicted octanol–water partition coefficient (Wildman–Crippen LogP) is 12.5. The summed E-state index contributed by atoms with van der Waals surface area (Å²) in [5.41, 5.74) is 13.4. The lowest BCUT2D eigenvalue weighted by Gasteiger charge is -2.50. The van der Waals surface area contributed by atoms with Crippen molar-refractivity contribution < 1.29 is 0 Å². The smallest absolute Gasteiger partial charge is 0.164 e. The Morgan fingerprint density at radius 2 is 0.895 bits per heavy atom. The molecule has 0 radical (unpaired) electrons. The second kappa shape index (κ2) is 13.0. The Morgan fingerprint density at radius 3 is 1.49 bits per heavy atom. The van der Waals surface area contributed by atoms with E-state index in [0.717, 1.165) is 27.9 Å². The molecule has 0 bridgehead atoms. The molecule has 4 heteroatoms. The topological polar surface area (TPSA) is 41.9 Å². The Labute approximate surface area is 333 Å². The fraction of sp³-hybridized carbons (Fsp3) is 0.0755. The van der Waals surface area contributed by atoms with E-state index in [1.54, 1.807) is 0 Å². The van der Waals surface area contributed by atoms with Crippen molar-refractivity contribution in [3.63, 3.8) is 0 Å². The zero-order valence-corrected chi connectivity index (χ0v) is 31.5. The lowest BCUT2D eigenvalue weighted by atomic mass is 9.55. The molecule has 2 aliphatic carbocycles. The van der Waals surface area contributed by atoms with Crippen LogP contribution in [0.5, 0.6) is 0 Å². The highest BCUT2D eigenvalue weighted by Crippen LogP contribution is 2.69. The molecule has 0 fully saturated rings. The Balaban J connectivity index is 1.14. The van der Waals surface area contributed by atoms with Gasteiger partial charge in [0.25, 0.3) is 0 Å². The van der Waals surface area contributed by atoms with Crippen LogP contribution in [0, 0.1) is 5.92 Å². The van der Waals surface area contributed by atoms with E-state index in [9.17, 15) is 0 Å². The van der Waals surface area contributed by atoms with Gasteiger partial charge >= 0.3 is 0 Å². The quantitative estimate of drug-likeness (QED) is 0.177. The maximum atomic E-state index is 5.12. The van der Waals surface area contributed by atoms with Crippen molar-refractivity contribution in [2.75, 3.05) is 4.90 Å². The number of nitrogens with zero attached hydrogens (tertiary/aromatic N) is 4. The van der Waals surface area contributed by atoms with Crippen molar-refractivity contribution in [3.8, 4) is 34.2 Å². The molecule has 1 aliphatic heterocycles. The van der Waals surface area contributed by atoms with Gasteiger partial charge in [-0.25, -0.2) is 15.0 Å². The van der Waals surface area contributed by atoms with Crippen LogP contribution in [-0.2, 0) is 10.8 Å². The van der Waals surface area contributed by atoms with E-state index < -0.39 is 5.41 Å². The number of fused-ring (bicyclic) bond motifs is 9. The van der Waals surface area contributed by atoms with Crippen molar-refractivity contribution in [3.05, 3.63) is 234 Å². The molecule has 57 heavy (non-hydrogen) atoms. The summed E-state index contributed by atoms with van der Waals surface area (Å²) in [6, 6.07) is 67.3. The number of allylic oxidation sites excluding steroid dienone is 4. The van der Waals surface area contributed by atoms with Crippen LogP contribution >= 0.6 is 0 Å². The van der Waals surface area contributed by atoms with Crippen LogP contribution < -0.4 is 4.90 Å². The van der Waals surface area contributed by atoms with Crippen LogP contribution in [0.3, 0.4) is 0 Å². The summed E-state index contributed by atoms with van der Waals surface area (Å²) in [6.45, 7) is 2.44. The average molecular weight is 731 g/mol. The molecule has 7 aromatic carbocycles.